The molecule has 1 heterocycles. The second-order valence-electron chi connectivity index (χ2n) is 4.33. The third-order valence-electron chi connectivity index (χ3n) is 3.09. The van der Waals surface area contributed by atoms with Gasteiger partial charge in [0.1, 0.15) is 5.03 Å². The summed E-state index contributed by atoms with van der Waals surface area (Å²) in [5.41, 5.74) is 0. The number of nitrogens with zero attached hydrogens (tertiary/aromatic N) is 2. The molecule has 1 fully saturated rings. The van der Waals surface area contributed by atoms with Gasteiger partial charge in [-0.2, -0.15) is 10.3 Å². The van der Waals surface area contributed by atoms with Crippen LogP contribution < -0.4 is 0 Å². The van der Waals surface area contributed by atoms with Gasteiger partial charge < -0.3 is 4.74 Å². The first-order chi connectivity index (χ1) is 7.86. The lowest BCUT2D eigenvalue weighted by Gasteiger charge is -2.28. The molecule has 5 heteroatoms. The van der Waals surface area contributed by atoms with Crippen molar-refractivity contribution in [2.24, 2.45) is 5.92 Å². The number of hydrogen-bond acceptors (Lipinski definition) is 4. The Kier molecular flexibility index (Phi) is 4.66. The van der Waals surface area contributed by atoms with Gasteiger partial charge in [0, 0.05) is 5.75 Å². The quantitative estimate of drug-likeness (QED) is 0.635. The minimum Gasteiger partial charge on any atom is -0.377 e. The number of ether oxygens (including phenoxy) is 1. The third-order valence-corrected chi connectivity index (χ3v) is 3.95. The molecule has 16 heavy (non-hydrogen) atoms. The van der Waals surface area contributed by atoms with Crippen LogP contribution in [0.15, 0.2) is 11.2 Å². The zero-order valence-corrected chi connectivity index (χ0v) is 10.5. The minimum absolute atomic E-state index is 0.478. The van der Waals surface area contributed by atoms with E-state index in [0.717, 1.165) is 23.3 Å². The van der Waals surface area contributed by atoms with Crippen LogP contribution in [-0.4, -0.2) is 33.9 Å². The van der Waals surface area contributed by atoms with Crippen LogP contribution in [0.4, 0.5) is 0 Å². The summed E-state index contributed by atoms with van der Waals surface area (Å²) in [7, 11) is 0. The molecule has 90 valence electrons. The SMILES string of the molecule is C[C@@H]1CCCC[C@H]1OCCSc1cn[nH]n1. The van der Waals surface area contributed by atoms with Crippen molar-refractivity contribution in [1.29, 1.82) is 0 Å². The molecule has 0 saturated heterocycles. The molecule has 0 radical (unpaired) electrons. The van der Waals surface area contributed by atoms with Crippen LogP contribution in [0.3, 0.4) is 0 Å². The largest absolute Gasteiger partial charge is 0.377 e. The Bertz CT molecular complexity index is 291. The Hall–Kier alpha value is -0.550. The molecule has 2 atom stereocenters. The maximum Gasteiger partial charge on any atom is 0.138 e. The molecular formula is C11H19N3OS. The summed E-state index contributed by atoms with van der Waals surface area (Å²) >= 11 is 1.69. The van der Waals surface area contributed by atoms with Gasteiger partial charge in [-0.3, -0.25) is 0 Å². The molecule has 1 aromatic rings. The molecule has 1 aliphatic rings. The number of nitrogens with one attached hydrogen (secondary N) is 1. The van der Waals surface area contributed by atoms with E-state index in [-0.39, 0.29) is 0 Å². The van der Waals surface area contributed by atoms with Crippen LogP contribution in [0.25, 0.3) is 0 Å². The highest BCUT2D eigenvalue weighted by molar-refractivity contribution is 7.99. The Labute approximate surface area is 101 Å². The van der Waals surface area contributed by atoms with E-state index in [1.54, 1.807) is 18.0 Å². The lowest BCUT2D eigenvalue weighted by atomic mass is 9.88. The summed E-state index contributed by atoms with van der Waals surface area (Å²) in [6, 6.07) is 0. The Balaban J connectivity index is 1.60. The fourth-order valence-corrected chi connectivity index (χ4v) is 2.76. The van der Waals surface area contributed by atoms with E-state index in [0.29, 0.717) is 6.10 Å². The van der Waals surface area contributed by atoms with E-state index in [1.165, 1.54) is 25.7 Å². The van der Waals surface area contributed by atoms with Crippen molar-refractivity contribution in [2.45, 2.75) is 43.7 Å². The van der Waals surface area contributed by atoms with Gasteiger partial charge in [0.05, 0.1) is 18.9 Å². The first-order valence-electron chi connectivity index (χ1n) is 5.96. The van der Waals surface area contributed by atoms with Crippen molar-refractivity contribution in [2.75, 3.05) is 12.4 Å². The molecule has 0 aliphatic heterocycles. The van der Waals surface area contributed by atoms with Crippen LogP contribution in [-0.2, 0) is 4.74 Å². The Morgan fingerprint density at radius 3 is 3.12 bits per heavy atom. The highest BCUT2D eigenvalue weighted by Crippen LogP contribution is 2.26. The number of thioether (sulfide) groups is 1. The van der Waals surface area contributed by atoms with Crippen LogP contribution in [0.1, 0.15) is 32.6 Å². The number of H-pyrrole nitrogens is 1. The first-order valence-corrected chi connectivity index (χ1v) is 6.95. The zero-order chi connectivity index (χ0) is 11.2. The van der Waals surface area contributed by atoms with E-state index in [2.05, 4.69) is 22.3 Å². The van der Waals surface area contributed by atoms with E-state index in [9.17, 15) is 0 Å². The van der Waals surface area contributed by atoms with Crippen molar-refractivity contribution >= 4 is 11.8 Å². The van der Waals surface area contributed by atoms with Crippen molar-refractivity contribution in [1.82, 2.24) is 15.4 Å². The Morgan fingerprint density at radius 2 is 2.38 bits per heavy atom. The van der Waals surface area contributed by atoms with Gasteiger partial charge in [-0.25, -0.2) is 0 Å². The van der Waals surface area contributed by atoms with E-state index >= 15 is 0 Å². The predicted octanol–water partition coefficient (Wildman–Crippen LogP) is 2.49. The minimum atomic E-state index is 0.478. The molecule has 0 bridgehead atoms. The average Bonchev–Trinajstić information content (AvgIpc) is 2.79. The van der Waals surface area contributed by atoms with Crippen LogP contribution in [0, 0.1) is 5.92 Å². The molecule has 0 unspecified atom stereocenters. The lowest BCUT2D eigenvalue weighted by molar-refractivity contribution is 0.00346. The van der Waals surface area contributed by atoms with Crippen LogP contribution in [0.2, 0.25) is 0 Å². The monoisotopic (exact) mass is 241 g/mol. The lowest BCUT2D eigenvalue weighted by Crippen LogP contribution is -2.26. The van der Waals surface area contributed by atoms with Crippen molar-refractivity contribution in [3.05, 3.63) is 6.20 Å². The van der Waals surface area contributed by atoms with Gasteiger partial charge in [0.25, 0.3) is 0 Å². The van der Waals surface area contributed by atoms with Crippen LogP contribution in [0.5, 0.6) is 0 Å². The summed E-state index contributed by atoms with van der Waals surface area (Å²) < 4.78 is 5.91. The van der Waals surface area contributed by atoms with E-state index < -0.39 is 0 Å². The molecule has 1 N–H and O–H groups in total. The second-order valence-corrected chi connectivity index (χ2v) is 5.44. The topological polar surface area (TPSA) is 50.8 Å². The number of aromatic amines is 1. The van der Waals surface area contributed by atoms with Gasteiger partial charge in [0.2, 0.25) is 0 Å². The summed E-state index contributed by atoms with van der Waals surface area (Å²) in [5.74, 6) is 1.68. The fraction of sp³-hybridized carbons (Fsp3) is 0.818. The number of aromatic nitrogens is 3. The molecule has 4 nitrogen and oxygen atoms in total. The van der Waals surface area contributed by atoms with Gasteiger partial charge in [0.15, 0.2) is 0 Å². The average molecular weight is 241 g/mol. The summed E-state index contributed by atoms with van der Waals surface area (Å²) in [6.45, 7) is 3.11. The molecule has 1 saturated carbocycles. The molecule has 1 aromatic heterocycles. The van der Waals surface area contributed by atoms with Gasteiger partial charge in [-0.05, 0) is 18.8 Å². The molecule has 0 aromatic carbocycles. The highest BCUT2D eigenvalue weighted by Gasteiger charge is 2.21. The summed E-state index contributed by atoms with van der Waals surface area (Å²) in [4.78, 5) is 0. The summed E-state index contributed by atoms with van der Waals surface area (Å²) in [6.07, 6.45) is 7.47. The summed E-state index contributed by atoms with van der Waals surface area (Å²) in [5, 5.41) is 11.3. The van der Waals surface area contributed by atoms with Gasteiger partial charge in [-0.1, -0.05) is 19.8 Å². The number of rotatable bonds is 5. The second kappa shape index (κ2) is 6.25. The fourth-order valence-electron chi connectivity index (χ4n) is 2.14. The third kappa shape index (κ3) is 3.49. The number of hydrogen-bond donors (Lipinski definition) is 1. The van der Waals surface area contributed by atoms with E-state index in [1.807, 2.05) is 0 Å². The maximum atomic E-state index is 5.91. The normalized spacial score (nSPS) is 25.8. The maximum absolute atomic E-state index is 5.91. The standard InChI is InChI=1S/C11H19N3OS/c1-9-4-2-3-5-10(9)15-6-7-16-11-8-12-14-13-11/h8-10H,2-7H2,1H3,(H,12,13,14)/t9-,10-/m1/s1. The molecular weight excluding hydrogens is 222 g/mol. The van der Waals surface area contributed by atoms with Gasteiger partial charge in [-0.15, -0.1) is 16.9 Å². The van der Waals surface area contributed by atoms with E-state index in [4.69, 9.17) is 4.74 Å². The molecule has 2 rings (SSSR count). The smallest absolute Gasteiger partial charge is 0.138 e. The van der Waals surface area contributed by atoms with Crippen molar-refractivity contribution in [3.63, 3.8) is 0 Å². The van der Waals surface area contributed by atoms with Crippen molar-refractivity contribution in [3.8, 4) is 0 Å². The zero-order valence-electron chi connectivity index (χ0n) is 9.69. The van der Waals surface area contributed by atoms with Crippen LogP contribution >= 0.6 is 11.8 Å². The molecule has 0 spiro atoms. The highest BCUT2D eigenvalue weighted by atomic mass is 32.2. The molecule has 1 aliphatic carbocycles. The molecule has 0 amide bonds. The Morgan fingerprint density at radius 1 is 1.50 bits per heavy atom. The van der Waals surface area contributed by atoms with Crippen molar-refractivity contribution < 1.29 is 4.74 Å². The predicted molar refractivity (Wildman–Crippen MR) is 64.5 cm³/mol. The first kappa shape index (κ1) is 11.9. The van der Waals surface area contributed by atoms with Gasteiger partial charge >= 0.3 is 0 Å².